The highest BCUT2D eigenvalue weighted by atomic mass is 79.9. The second-order valence-electron chi connectivity index (χ2n) is 6.77. The van der Waals surface area contributed by atoms with Crippen LogP contribution in [0, 0.1) is 13.8 Å². The molecule has 2 N–H and O–H groups in total. The summed E-state index contributed by atoms with van der Waals surface area (Å²) in [7, 11) is 0. The van der Waals surface area contributed by atoms with Gasteiger partial charge >= 0.3 is 12.4 Å². The maximum Gasteiger partial charge on any atom is 0.417 e. The lowest BCUT2D eigenvalue weighted by atomic mass is 9.98. The number of benzene rings is 1. The lowest BCUT2D eigenvalue weighted by Crippen LogP contribution is -2.17. The Kier molecular flexibility index (Phi) is 5.68. The smallest absolute Gasteiger partial charge is 0.361 e. The van der Waals surface area contributed by atoms with Crippen molar-refractivity contribution in [3.63, 3.8) is 0 Å². The minimum Gasteiger partial charge on any atom is -0.361 e. The summed E-state index contributed by atoms with van der Waals surface area (Å²) >= 11 is 3.12. The number of halogens is 7. The van der Waals surface area contributed by atoms with Crippen LogP contribution in [0.3, 0.4) is 0 Å². The van der Waals surface area contributed by atoms with Crippen LogP contribution >= 0.6 is 15.9 Å². The number of nitrogens with one attached hydrogen (secondary N) is 2. The zero-order chi connectivity index (χ0) is 23.3. The Bertz CT molecular complexity index is 1290. The molecule has 0 saturated carbocycles. The van der Waals surface area contributed by atoms with Gasteiger partial charge in [-0.05, 0) is 41.9 Å². The van der Waals surface area contributed by atoms with Gasteiger partial charge < -0.3 is 9.97 Å². The van der Waals surface area contributed by atoms with Gasteiger partial charge in [-0.3, -0.25) is 9.59 Å². The van der Waals surface area contributed by atoms with Gasteiger partial charge in [0, 0.05) is 34.9 Å². The Morgan fingerprint density at radius 2 is 1.52 bits per heavy atom. The number of alkyl halides is 6. The Morgan fingerprint density at radius 1 is 0.871 bits per heavy atom. The molecular weight excluding hydrogens is 494 g/mol. The second kappa shape index (κ2) is 7.70. The fraction of sp³-hybridized carbons (Fsp3) is 0.200. The van der Waals surface area contributed by atoms with Gasteiger partial charge in [0.25, 0.3) is 0 Å². The predicted molar refractivity (Wildman–Crippen MR) is 106 cm³/mol. The number of aryl methyl sites for hydroxylation is 2. The normalized spacial score (nSPS) is 12.3. The highest BCUT2D eigenvalue weighted by Crippen LogP contribution is 2.40. The zero-order valence-corrected chi connectivity index (χ0v) is 17.4. The lowest BCUT2D eigenvalue weighted by molar-refractivity contribution is -0.142. The van der Waals surface area contributed by atoms with Gasteiger partial charge in [-0.25, -0.2) is 0 Å². The molecule has 4 nitrogen and oxygen atoms in total. The van der Waals surface area contributed by atoms with Gasteiger partial charge in [-0.2, -0.15) is 26.3 Å². The Hall–Kier alpha value is -2.82. The molecule has 0 bridgehead atoms. The van der Waals surface area contributed by atoms with Crippen molar-refractivity contribution in [3.05, 3.63) is 77.9 Å². The van der Waals surface area contributed by atoms with Crippen molar-refractivity contribution >= 4 is 15.9 Å². The molecule has 2 aromatic heterocycles. The first-order valence-electron chi connectivity index (χ1n) is 8.62. The van der Waals surface area contributed by atoms with E-state index in [0.29, 0.717) is 23.5 Å². The highest BCUT2D eigenvalue weighted by Gasteiger charge is 2.38. The molecule has 11 heteroatoms. The van der Waals surface area contributed by atoms with Crippen LogP contribution in [0.25, 0.3) is 22.4 Å². The van der Waals surface area contributed by atoms with Crippen LogP contribution in [0.15, 0.2) is 44.5 Å². The molecule has 0 radical (unpaired) electrons. The van der Waals surface area contributed by atoms with E-state index >= 15 is 0 Å². The van der Waals surface area contributed by atoms with Gasteiger partial charge in [-0.15, -0.1) is 0 Å². The summed E-state index contributed by atoms with van der Waals surface area (Å²) in [6.45, 7) is 3.19. The van der Waals surface area contributed by atoms with Crippen LogP contribution in [-0.2, 0) is 12.4 Å². The van der Waals surface area contributed by atoms with Crippen molar-refractivity contribution in [2.24, 2.45) is 0 Å². The van der Waals surface area contributed by atoms with Crippen molar-refractivity contribution in [3.8, 4) is 22.4 Å². The highest BCUT2D eigenvalue weighted by molar-refractivity contribution is 9.10. The van der Waals surface area contributed by atoms with Crippen molar-refractivity contribution in [1.29, 1.82) is 0 Å². The minimum atomic E-state index is -5.10. The maximum absolute atomic E-state index is 13.4. The Balaban J connectivity index is 2.21. The quantitative estimate of drug-likeness (QED) is 0.430. The van der Waals surface area contributed by atoms with E-state index in [-0.39, 0.29) is 27.4 Å². The summed E-state index contributed by atoms with van der Waals surface area (Å²) in [6.07, 6.45) is -9.00. The average molecular weight is 507 g/mol. The summed E-state index contributed by atoms with van der Waals surface area (Å²) in [6, 6.07) is 1.97. The standard InChI is InChI=1S/C20H13BrF6N2O2/c1-8-16(18(31)17(21)9(2)29-8)12-7-28-14(6-15(12)30)11-4-3-10(19(22,23)24)5-13(11)20(25,26)27/h3-7H,1-2H3,(H,28,30)(H,29,31). The first-order valence-corrected chi connectivity index (χ1v) is 9.42. The summed E-state index contributed by atoms with van der Waals surface area (Å²) in [5, 5.41) is 0. The molecule has 3 aromatic rings. The first-order chi connectivity index (χ1) is 14.2. The molecule has 0 aliphatic heterocycles. The molecular formula is C20H13BrF6N2O2. The SMILES string of the molecule is Cc1[nH]c(C)c(-c2c[nH]c(-c3ccc(C(F)(F)F)cc3C(F)(F)F)cc2=O)c(=O)c1Br. The van der Waals surface area contributed by atoms with E-state index in [2.05, 4.69) is 25.9 Å². The average Bonchev–Trinajstić information content (AvgIpc) is 2.65. The number of aromatic amines is 2. The molecule has 31 heavy (non-hydrogen) atoms. The molecule has 0 aliphatic rings. The van der Waals surface area contributed by atoms with E-state index in [1.165, 1.54) is 0 Å². The zero-order valence-electron chi connectivity index (χ0n) is 15.8. The number of hydrogen-bond acceptors (Lipinski definition) is 2. The molecule has 1 aromatic carbocycles. The lowest BCUT2D eigenvalue weighted by Gasteiger charge is -2.16. The van der Waals surface area contributed by atoms with Gasteiger partial charge in [0.15, 0.2) is 5.43 Å². The van der Waals surface area contributed by atoms with Crippen LogP contribution in [0.4, 0.5) is 26.3 Å². The summed E-state index contributed by atoms with van der Waals surface area (Å²) in [4.78, 5) is 30.6. The van der Waals surface area contributed by atoms with E-state index < -0.39 is 39.9 Å². The fourth-order valence-electron chi connectivity index (χ4n) is 3.19. The van der Waals surface area contributed by atoms with Gasteiger partial charge in [0.1, 0.15) is 0 Å². The van der Waals surface area contributed by atoms with Gasteiger partial charge in [0.05, 0.1) is 26.7 Å². The molecule has 0 amide bonds. The van der Waals surface area contributed by atoms with E-state index in [1.807, 2.05) is 0 Å². The van der Waals surface area contributed by atoms with Crippen molar-refractivity contribution in [2.45, 2.75) is 26.2 Å². The molecule has 0 spiro atoms. The molecule has 164 valence electrons. The Morgan fingerprint density at radius 3 is 2.06 bits per heavy atom. The molecule has 3 rings (SSSR count). The molecule has 2 heterocycles. The molecule has 0 fully saturated rings. The van der Waals surface area contributed by atoms with Crippen LogP contribution in [0.1, 0.15) is 22.5 Å². The van der Waals surface area contributed by atoms with Crippen molar-refractivity contribution < 1.29 is 26.3 Å². The third-order valence-electron chi connectivity index (χ3n) is 4.63. The van der Waals surface area contributed by atoms with Crippen LogP contribution in [0.2, 0.25) is 0 Å². The van der Waals surface area contributed by atoms with Crippen LogP contribution < -0.4 is 10.9 Å². The summed E-state index contributed by atoms with van der Waals surface area (Å²) < 4.78 is 79.1. The monoisotopic (exact) mass is 506 g/mol. The Labute approximate surface area is 179 Å². The largest absolute Gasteiger partial charge is 0.417 e. The predicted octanol–water partition coefficient (Wildman–Crippen LogP) is 5.81. The number of H-pyrrole nitrogens is 2. The number of hydrogen-bond donors (Lipinski definition) is 2. The topological polar surface area (TPSA) is 65.7 Å². The summed E-state index contributed by atoms with van der Waals surface area (Å²) in [5.41, 5.74) is -4.41. The van der Waals surface area contributed by atoms with Crippen molar-refractivity contribution in [2.75, 3.05) is 0 Å². The minimum absolute atomic E-state index is 0.00645. The first kappa shape index (κ1) is 22.9. The number of pyridine rings is 2. The molecule has 0 unspecified atom stereocenters. The van der Waals surface area contributed by atoms with E-state index in [4.69, 9.17) is 0 Å². The number of aromatic nitrogens is 2. The van der Waals surface area contributed by atoms with E-state index in [0.717, 1.165) is 12.3 Å². The third-order valence-corrected chi connectivity index (χ3v) is 5.59. The van der Waals surface area contributed by atoms with Gasteiger partial charge in [-0.1, -0.05) is 6.07 Å². The molecule has 0 saturated heterocycles. The van der Waals surface area contributed by atoms with Gasteiger partial charge in [0.2, 0.25) is 5.43 Å². The van der Waals surface area contributed by atoms with E-state index in [9.17, 15) is 35.9 Å². The molecule has 0 aliphatic carbocycles. The fourth-order valence-corrected chi connectivity index (χ4v) is 3.48. The number of rotatable bonds is 2. The van der Waals surface area contributed by atoms with Crippen LogP contribution in [-0.4, -0.2) is 9.97 Å². The van der Waals surface area contributed by atoms with Crippen molar-refractivity contribution in [1.82, 2.24) is 9.97 Å². The van der Waals surface area contributed by atoms with Crippen LogP contribution in [0.5, 0.6) is 0 Å². The second-order valence-corrected chi connectivity index (χ2v) is 7.57. The van der Waals surface area contributed by atoms with E-state index in [1.54, 1.807) is 13.8 Å². The summed E-state index contributed by atoms with van der Waals surface area (Å²) in [5.74, 6) is 0. The molecule has 0 atom stereocenters. The third kappa shape index (κ3) is 4.32. The maximum atomic E-state index is 13.4.